The zero-order valence-electron chi connectivity index (χ0n) is 13.6. The van der Waals surface area contributed by atoms with Crippen LogP contribution in [0.1, 0.15) is 39.7 Å². The Balaban J connectivity index is 2.04. The van der Waals surface area contributed by atoms with Gasteiger partial charge in [-0.25, -0.2) is 0 Å². The molecule has 0 bridgehead atoms. The molecule has 2 rings (SSSR count). The summed E-state index contributed by atoms with van der Waals surface area (Å²) in [5.74, 6) is 1.21. The number of hydrogen-bond acceptors (Lipinski definition) is 3. The molecule has 0 radical (unpaired) electrons. The van der Waals surface area contributed by atoms with Gasteiger partial charge >= 0.3 is 0 Å². The Labute approximate surface area is 138 Å². The van der Waals surface area contributed by atoms with E-state index in [2.05, 4.69) is 67.9 Å². The number of halogens is 1. The van der Waals surface area contributed by atoms with E-state index >= 15 is 0 Å². The fourth-order valence-electron chi connectivity index (χ4n) is 2.44. The van der Waals surface area contributed by atoms with E-state index < -0.39 is 0 Å². The van der Waals surface area contributed by atoms with Crippen molar-refractivity contribution in [3.63, 3.8) is 0 Å². The third kappa shape index (κ3) is 5.08. The number of benzene rings is 1. The second-order valence-corrected chi connectivity index (χ2v) is 8.54. The lowest BCUT2D eigenvalue weighted by Gasteiger charge is -2.34. The molecule has 0 spiro atoms. The van der Waals surface area contributed by atoms with Gasteiger partial charge in [-0.2, -0.15) is 11.8 Å². The fraction of sp³-hybridized carbons (Fsp3) is 0.647. The van der Waals surface area contributed by atoms with Crippen LogP contribution >= 0.6 is 23.4 Å². The third-order valence-electron chi connectivity index (χ3n) is 3.81. The normalized spacial score (nSPS) is 19.9. The van der Waals surface area contributed by atoms with Crippen LogP contribution in [0.4, 0.5) is 5.69 Å². The van der Waals surface area contributed by atoms with E-state index in [4.69, 9.17) is 11.6 Å². The summed E-state index contributed by atoms with van der Waals surface area (Å²) in [7, 11) is 0. The molecule has 21 heavy (non-hydrogen) atoms. The molecule has 1 aliphatic rings. The molecule has 0 aliphatic carbocycles. The Bertz CT molecular complexity index is 470. The molecule has 0 aromatic heterocycles. The van der Waals surface area contributed by atoms with Gasteiger partial charge < -0.3 is 10.2 Å². The Morgan fingerprint density at radius 2 is 2.14 bits per heavy atom. The van der Waals surface area contributed by atoms with Crippen molar-refractivity contribution in [1.82, 2.24) is 5.32 Å². The predicted octanol–water partition coefficient (Wildman–Crippen LogP) is 4.56. The lowest BCUT2D eigenvalue weighted by atomic mass is 10.1. The van der Waals surface area contributed by atoms with Crippen molar-refractivity contribution in [2.75, 3.05) is 23.7 Å². The topological polar surface area (TPSA) is 15.3 Å². The monoisotopic (exact) mass is 326 g/mol. The van der Waals surface area contributed by atoms with Crippen LogP contribution in [0.5, 0.6) is 0 Å². The van der Waals surface area contributed by atoms with Gasteiger partial charge in [-0.15, -0.1) is 0 Å². The molecule has 0 saturated carbocycles. The summed E-state index contributed by atoms with van der Waals surface area (Å²) < 4.78 is 0. The standard InChI is InChI=1S/C17H27ClN2S/c1-5-15-12-20(8-9-21-15)14-7-6-13(16(18)10-14)11-19-17(2,3)4/h6-7,10,15,19H,5,8-9,11-12H2,1-4H3. The van der Waals surface area contributed by atoms with Crippen LogP contribution in [0.3, 0.4) is 0 Å². The minimum atomic E-state index is 0.112. The SMILES string of the molecule is CCC1CN(c2ccc(CNC(C)(C)C)c(Cl)c2)CCS1. The molecule has 4 heteroatoms. The molecular weight excluding hydrogens is 300 g/mol. The van der Waals surface area contributed by atoms with Crippen LogP contribution in [-0.2, 0) is 6.54 Å². The number of thioether (sulfide) groups is 1. The van der Waals surface area contributed by atoms with Crippen molar-refractivity contribution >= 4 is 29.1 Å². The minimum absolute atomic E-state index is 0.112. The van der Waals surface area contributed by atoms with Gasteiger partial charge in [-0.05, 0) is 44.9 Å². The Morgan fingerprint density at radius 3 is 2.76 bits per heavy atom. The van der Waals surface area contributed by atoms with Gasteiger partial charge in [0.05, 0.1) is 0 Å². The van der Waals surface area contributed by atoms with Crippen molar-refractivity contribution in [2.24, 2.45) is 0 Å². The smallest absolute Gasteiger partial charge is 0.0471 e. The van der Waals surface area contributed by atoms with Crippen LogP contribution in [-0.4, -0.2) is 29.6 Å². The molecule has 1 saturated heterocycles. The summed E-state index contributed by atoms with van der Waals surface area (Å²) >= 11 is 8.57. The highest BCUT2D eigenvalue weighted by molar-refractivity contribution is 8.00. The van der Waals surface area contributed by atoms with Crippen molar-refractivity contribution in [2.45, 2.75) is 51.4 Å². The number of nitrogens with one attached hydrogen (secondary N) is 1. The van der Waals surface area contributed by atoms with Crippen molar-refractivity contribution < 1.29 is 0 Å². The Hall–Kier alpha value is -0.380. The number of hydrogen-bond donors (Lipinski definition) is 1. The summed E-state index contributed by atoms with van der Waals surface area (Å²) in [4.78, 5) is 2.47. The molecule has 1 atom stereocenters. The van der Waals surface area contributed by atoms with Crippen molar-refractivity contribution in [3.8, 4) is 0 Å². The minimum Gasteiger partial charge on any atom is -0.370 e. The largest absolute Gasteiger partial charge is 0.370 e. The number of nitrogens with zero attached hydrogens (tertiary/aromatic N) is 1. The highest BCUT2D eigenvalue weighted by Crippen LogP contribution is 2.29. The lowest BCUT2D eigenvalue weighted by molar-refractivity contribution is 0.424. The third-order valence-corrected chi connectivity index (χ3v) is 5.53. The van der Waals surface area contributed by atoms with Crippen LogP contribution in [0.25, 0.3) is 0 Å². The van der Waals surface area contributed by atoms with Crippen LogP contribution in [0, 0.1) is 0 Å². The average Bonchev–Trinajstić information content (AvgIpc) is 2.45. The van der Waals surface area contributed by atoms with E-state index in [1.165, 1.54) is 23.4 Å². The Morgan fingerprint density at radius 1 is 1.38 bits per heavy atom. The maximum Gasteiger partial charge on any atom is 0.0471 e. The predicted molar refractivity (Wildman–Crippen MR) is 96.8 cm³/mol. The van der Waals surface area contributed by atoms with Gasteiger partial charge in [0.15, 0.2) is 0 Å². The molecule has 2 nitrogen and oxygen atoms in total. The van der Waals surface area contributed by atoms with E-state index in [9.17, 15) is 0 Å². The summed E-state index contributed by atoms with van der Waals surface area (Å²) in [5.41, 5.74) is 2.55. The molecule has 1 N–H and O–H groups in total. The van der Waals surface area contributed by atoms with Gasteiger partial charge in [-0.1, -0.05) is 24.6 Å². The summed E-state index contributed by atoms with van der Waals surface area (Å²) in [6, 6.07) is 6.51. The maximum absolute atomic E-state index is 6.48. The van der Waals surface area contributed by atoms with Crippen LogP contribution in [0.15, 0.2) is 18.2 Å². The zero-order valence-corrected chi connectivity index (χ0v) is 15.2. The number of rotatable bonds is 4. The van der Waals surface area contributed by atoms with E-state index in [0.717, 1.165) is 29.9 Å². The molecule has 1 unspecified atom stereocenters. The zero-order chi connectivity index (χ0) is 15.5. The van der Waals surface area contributed by atoms with E-state index in [0.29, 0.717) is 0 Å². The molecule has 0 amide bonds. The highest BCUT2D eigenvalue weighted by Gasteiger charge is 2.19. The second kappa shape index (κ2) is 7.26. The average molecular weight is 327 g/mol. The molecule has 1 heterocycles. The van der Waals surface area contributed by atoms with Gasteiger partial charge in [0.2, 0.25) is 0 Å². The summed E-state index contributed by atoms with van der Waals surface area (Å²) in [5, 5.41) is 5.11. The van der Waals surface area contributed by atoms with E-state index in [-0.39, 0.29) is 5.54 Å². The van der Waals surface area contributed by atoms with Crippen molar-refractivity contribution in [3.05, 3.63) is 28.8 Å². The number of anilines is 1. The van der Waals surface area contributed by atoms with Gasteiger partial charge in [0.25, 0.3) is 0 Å². The van der Waals surface area contributed by atoms with Crippen LogP contribution in [0.2, 0.25) is 5.02 Å². The van der Waals surface area contributed by atoms with Crippen LogP contribution < -0.4 is 10.2 Å². The van der Waals surface area contributed by atoms with E-state index in [1.807, 2.05) is 0 Å². The first-order valence-electron chi connectivity index (χ1n) is 7.79. The fourth-order valence-corrected chi connectivity index (χ4v) is 3.86. The summed E-state index contributed by atoms with van der Waals surface area (Å²) in [6.07, 6.45) is 1.24. The molecule has 1 aliphatic heterocycles. The first kappa shape index (κ1) is 17.0. The first-order valence-corrected chi connectivity index (χ1v) is 9.21. The Kier molecular flexibility index (Phi) is 5.87. The first-order chi connectivity index (χ1) is 9.89. The molecule has 118 valence electrons. The summed E-state index contributed by atoms with van der Waals surface area (Å²) in [6.45, 7) is 11.9. The quantitative estimate of drug-likeness (QED) is 0.873. The molecular formula is C17H27ClN2S. The van der Waals surface area contributed by atoms with E-state index in [1.54, 1.807) is 0 Å². The lowest BCUT2D eigenvalue weighted by Crippen LogP contribution is -2.37. The molecule has 1 fully saturated rings. The van der Waals surface area contributed by atoms with Gasteiger partial charge in [0, 0.05) is 46.9 Å². The van der Waals surface area contributed by atoms with Gasteiger partial charge in [0.1, 0.15) is 0 Å². The highest BCUT2D eigenvalue weighted by atomic mass is 35.5. The molecule has 1 aromatic rings. The van der Waals surface area contributed by atoms with Gasteiger partial charge in [-0.3, -0.25) is 0 Å². The maximum atomic E-state index is 6.48. The van der Waals surface area contributed by atoms with Crippen molar-refractivity contribution in [1.29, 1.82) is 0 Å². The molecule has 1 aromatic carbocycles. The second-order valence-electron chi connectivity index (χ2n) is 6.73.